The van der Waals surface area contributed by atoms with Crippen LogP contribution in [-0.4, -0.2) is 23.1 Å². The van der Waals surface area contributed by atoms with Crippen molar-refractivity contribution in [1.29, 1.82) is 0 Å². The van der Waals surface area contributed by atoms with Crippen molar-refractivity contribution in [3.8, 4) is 0 Å². The SMILES string of the molecule is CCCCCCCCCCCCCCCCCC(=O)[N+]([O-])(CCC)C(N)=O. The lowest BCUT2D eigenvalue weighted by Gasteiger charge is -2.34. The minimum absolute atomic E-state index is 0.0487. The number of primary amides is 1. The van der Waals surface area contributed by atoms with Gasteiger partial charge in [-0.3, -0.25) is 0 Å². The van der Waals surface area contributed by atoms with Crippen LogP contribution in [0.5, 0.6) is 0 Å². The molecule has 5 nitrogen and oxygen atoms in total. The van der Waals surface area contributed by atoms with Crippen LogP contribution in [0.4, 0.5) is 4.79 Å². The van der Waals surface area contributed by atoms with E-state index in [4.69, 9.17) is 5.73 Å². The lowest BCUT2D eigenvalue weighted by atomic mass is 10.0. The van der Waals surface area contributed by atoms with E-state index in [1.54, 1.807) is 6.92 Å². The molecule has 0 spiro atoms. The first-order valence-electron chi connectivity index (χ1n) is 11.4. The zero-order valence-electron chi connectivity index (χ0n) is 18.0. The van der Waals surface area contributed by atoms with Gasteiger partial charge in [0.1, 0.15) is 0 Å². The molecule has 0 saturated heterocycles. The number of rotatable bonds is 18. The minimum atomic E-state index is -1.49. The Bertz CT molecular complexity index is 388. The molecule has 0 rings (SSSR count). The monoisotopic (exact) mass is 384 g/mol. The first kappa shape index (κ1) is 26.1. The van der Waals surface area contributed by atoms with E-state index in [-0.39, 0.29) is 13.0 Å². The first-order valence-corrected chi connectivity index (χ1v) is 11.4. The highest BCUT2D eigenvalue weighted by Crippen LogP contribution is 2.15. The molecule has 0 aliphatic rings. The van der Waals surface area contributed by atoms with Gasteiger partial charge in [0.15, 0.2) is 0 Å². The molecule has 1 atom stereocenters. The molecule has 0 aromatic carbocycles. The molecule has 0 aliphatic carbocycles. The van der Waals surface area contributed by atoms with Crippen molar-refractivity contribution in [1.82, 2.24) is 0 Å². The van der Waals surface area contributed by atoms with E-state index in [0.29, 0.717) is 12.8 Å². The van der Waals surface area contributed by atoms with Crippen LogP contribution in [0.15, 0.2) is 0 Å². The van der Waals surface area contributed by atoms with Crippen LogP contribution in [0.25, 0.3) is 0 Å². The molecule has 0 bridgehead atoms. The quantitative estimate of drug-likeness (QED) is 0.165. The topological polar surface area (TPSA) is 83.2 Å². The van der Waals surface area contributed by atoms with Gasteiger partial charge in [0.25, 0.3) is 0 Å². The van der Waals surface area contributed by atoms with Crippen molar-refractivity contribution >= 4 is 11.9 Å². The highest BCUT2D eigenvalue weighted by Gasteiger charge is 2.32. The molecule has 160 valence electrons. The Balaban J connectivity index is 3.47. The van der Waals surface area contributed by atoms with Crippen molar-refractivity contribution < 1.29 is 14.2 Å². The molecule has 27 heavy (non-hydrogen) atoms. The largest absolute Gasteiger partial charge is 0.616 e. The van der Waals surface area contributed by atoms with E-state index in [2.05, 4.69) is 6.92 Å². The van der Waals surface area contributed by atoms with E-state index in [1.165, 1.54) is 77.0 Å². The summed E-state index contributed by atoms with van der Waals surface area (Å²) in [5.74, 6) is -0.584. The van der Waals surface area contributed by atoms with Gasteiger partial charge in [-0.15, -0.1) is 0 Å². The zero-order valence-corrected chi connectivity index (χ0v) is 18.0. The number of nitrogens with zero attached hydrogens (tertiary/aromatic N) is 1. The Hall–Kier alpha value is -0.940. The highest BCUT2D eigenvalue weighted by molar-refractivity contribution is 5.83. The molecule has 2 N–H and O–H groups in total. The molecule has 0 fully saturated rings. The van der Waals surface area contributed by atoms with Crippen LogP contribution >= 0.6 is 0 Å². The predicted octanol–water partition coefficient (Wildman–Crippen LogP) is 6.58. The van der Waals surface area contributed by atoms with Crippen LogP contribution in [0.2, 0.25) is 0 Å². The maximum absolute atomic E-state index is 12.2. The number of nitrogens with two attached hydrogens (primary N) is 1. The van der Waals surface area contributed by atoms with E-state index in [9.17, 15) is 14.8 Å². The number of imide groups is 1. The van der Waals surface area contributed by atoms with Crippen LogP contribution in [0.1, 0.15) is 123 Å². The number of urea groups is 1. The second-order valence-corrected chi connectivity index (χ2v) is 7.90. The van der Waals surface area contributed by atoms with Crippen LogP contribution < -0.4 is 5.73 Å². The highest BCUT2D eigenvalue weighted by atomic mass is 16.6. The summed E-state index contributed by atoms with van der Waals surface area (Å²) in [5, 5.41) is 12.2. The maximum Gasteiger partial charge on any atom is 0.421 e. The molecule has 0 radical (unpaired) electrons. The average Bonchev–Trinajstić information content (AvgIpc) is 2.64. The molecule has 1 unspecified atom stereocenters. The van der Waals surface area contributed by atoms with Gasteiger partial charge in [0.2, 0.25) is 0 Å². The number of hydrogen-bond donors (Lipinski definition) is 1. The van der Waals surface area contributed by atoms with Gasteiger partial charge in [-0.05, 0) is 12.8 Å². The van der Waals surface area contributed by atoms with Crippen molar-refractivity contribution in [3.05, 3.63) is 5.21 Å². The van der Waals surface area contributed by atoms with Crippen molar-refractivity contribution in [2.45, 2.75) is 123 Å². The number of quaternary nitrogens is 1. The van der Waals surface area contributed by atoms with Gasteiger partial charge >= 0.3 is 11.9 Å². The molecule has 0 aromatic rings. The summed E-state index contributed by atoms with van der Waals surface area (Å²) in [5.41, 5.74) is 5.11. The minimum Gasteiger partial charge on any atom is -0.616 e. The maximum atomic E-state index is 12.2. The summed E-state index contributed by atoms with van der Waals surface area (Å²) >= 11 is 0. The van der Waals surface area contributed by atoms with Gasteiger partial charge in [0, 0.05) is 0 Å². The third-order valence-corrected chi connectivity index (χ3v) is 5.29. The number of hydroxylamine groups is 3. The smallest absolute Gasteiger partial charge is 0.421 e. The van der Waals surface area contributed by atoms with E-state index in [0.717, 1.165) is 12.8 Å². The first-order chi connectivity index (χ1) is 13.0. The Morgan fingerprint density at radius 3 is 1.37 bits per heavy atom. The van der Waals surface area contributed by atoms with E-state index >= 15 is 0 Å². The van der Waals surface area contributed by atoms with Gasteiger partial charge in [-0.1, -0.05) is 104 Å². The van der Waals surface area contributed by atoms with Crippen molar-refractivity contribution in [2.24, 2.45) is 5.73 Å². The van der Waals surface area contributed by atoms with Crippen molar-refractivity contribution in [2.75, 3.05) is 6.54 Å². The third-order valence-electron chi connectivity index (χ3n) is 5.29. The Labute approximate surface area is 167 Å². The summed E-state index contributed by atoms with van der Waals surface area (Å²) in [6.07, 6.45) is 19.4. The van der Waals surface area contributed by atoms with Gasteiger partial charge < -0.3 is 10.9 Å². The third kappa shape index (κ3) is 13.0. The summed E-state index contributed by atoms with van der Waals surface area (Å²) in [7, 11) is 0. The normalized spacial score (nSPS) is 13.4. The number of unbranched alkanes of at least 4 members (excludes halogenated alkanes) is 14. The summed E-state index contributed by atoms with van der Waals surface area (Å²) < 4.78 is -1.49. The van der Waals surface area contributed by atoms with Crippen LogP contribution in [0.3, 0.4) is 0 Å². The average molecular weight is 385 g/mol. The molecular weight excluding hydrogens is 340 g/mol. The Morgan fingerprint density at radius 2 is 1.04 bits per heavy atom. The second-order valence-electron chi connectivity index (χ2n) is 7.90. The molecule has 5 heteroatoms. The van der Waals surface area contributed by atoms with E-state index < -0.39 is 16.6 Å². The number of carbonyl (C=O) groups is 2. The number of carbonyl (C=O) groups excluding carboxylic acids is 2. The lowest BCUT2D eigenvalue weighted by molar-refractivity contribution is -0.719. The zero-order chi connectivity index (χ0) is 20.4. The fourth-order valence-electron chi connectivity index (χ4n) is 3.50. The van der Waals surface area contributed by atoms with Crippen molar-refractivity contribution in [3.63, 3.8) is 0 Å². The molecule has 0 aromatic heterocycles. The van der Waals surface area contributed by atoms with E-state index in [1.807, 2.05) is 0 Å². The van der Waals surface area contributed by atoms with Gasteiger partial charge in [-0.2, -0.15) is 0 Å². The molecule has 0 saturated carbocycles. The fraction of sp³-hybridized carbons (Fsp3) is 0.909. The molecule has 3 amide bonds. The predicted molar refractivity (Wildman–Crippen MR) is 113 cm³/mol. The number of hydrogen-bond acceptors (Lipinski definition) is 3. The van der Waals surface area contributed by atoms with Gasteiger partial charge in [-0.25, -0.2) is 14.2 Å². The summed E-state index contributed by atoms with van der Waals surface area (Å²) in [6, 6.07) is -1.08. The Kier molecular flexibility index (Phi) is 16.6. The molecule has 0 heterocycles. The number of amides is 3. The fourth-order valence-corrected chi connectivity index (χ4v) is 3.50. The molecule has 0 aliphatic heterocycles. The Morgan fingerprint density at radius 1 is 0.667 bits per heavy atom. The van der Waals surface area contributed by atoms with Gasteiger partial charge in [0.05, 0.1) is 13.0 Å². The summed E-state index contributed by atoms with van der Waals surface area (Å²) in [4.78, 5) is 23.3. The summed E-state index contributed by atoms with van der Waals surface area (Å²) in [6.45, 7) is 3.98. The lowest BCUT2D eigenvalue weighted by Crippen LogP contribution is -2.55. The van der Waals surface area contributed by atoms with Crippen LogP contribution in [-0.2, 0) is 4.79 Å². The standard InChI is InChI=1S/C22H44N2O3/c1-3-5-6-7-8-9-10-11-12-13-14-15-16-17-18-19-21(25)24(27,20-4-2)22(23)26/h3-20H2,1-2H3,(H2,23,26). The van der Waals surface area contributed by atoms with Crippen LogP contribution in [0, 0.1) is 5.21 Å². The molecular formula is C22H44N2O3. The second kappa shape index (κ2) is 17.2.